The van der Waals surface area contributed by atoms with E-state index in [1.807, 2.05) is 16.7 Å². The molecule has 1 amide bonds. The normalized spacial score (nSPS) is 22.7. The number of guanidine groups is 1. The molecule has 1 atom stereocenters. The van der Waals surface area contributed by atoms with E-state index >= 15 is 0 Å². The van der Waals surface area contributed by atoms with Crippen molar-refractivity contribution in [1.29, 1.82) is 0 Å². The van der Waals surface area contributed by atoms with Crippen LogP contribution < -0.4 is 5.32 Å². The number of likely N-dealkylation sites (tertiary alicyclic amines) is 1. The van der Waals surface area contributed by atoms with Crippen LogP contribution in [0.5, 0.6) is 0 Å². The average Bonchev–Trinajstić information content (AvgIpc) is 3.02. The van der Waals surface area contributed by atoms with Crippen molar-refractivity contribution in [3.8, 4) is 0 Å². The van der Waals surface area contributed by atoms with Gasteiger partial charge in [0, 0.05) is 44.2 Å². The topological polar surface area (TPSA) is 47.9 Å². The van der Waals surface area contributed by atoms with E-state index in [0.717, 1.165) is 50.7 Å². The van der Waals surface area contributed by atoms with Crippen LogP contribution in [-0.4, -0.2) is 72.4 Å². The third-order valence-corrected chi connectivity index (χ3v) is 5.74. The first-order valence-electron chi connectivity index (χ1n) is 7.96. The molecule has 2 fully saturated rings. The molecule has 0 saturated carbocycles. The van der Waals surface area contributed by atoms with E-state index < -0.39 is 0 Å². The third-order valence-electron chi connectivity index (χ3n) is 4.20. The number of carbonyl (C=O) groups excluding carboxylic acids is 1. The molecule has 22 heavy (non-hydrogen) atoms. The Hall–Kier alpha value is -0.180. The summed E-state index contributed by atoms with van der Waals surface area (Å²) >= 11 is 2.05. The molecule has 5 nitrogen and oxygen atoms in total. The highest BCUT2D eigenvalue weighted by Crippen LogP contribution is 2.24. The second-order valence-electron chi connectivity index (χ2n) is 6.09. The fraction of sp³-hybridized carbons (Fsp3) is 0.867. The Morgan fingerprint density at radius 1 is 1.27 bits per heavy atom. The van der Waals surface area contributed by atoms with Crippen LogP contribution in [0, 0.1) is 5.92 Å². The lowest BCUT2D eigenvalue weighted by molar-refractivity contribution is -0.128. The lowest BCUT2D eigenvalue weighted by atomic mass is 10.1. The van der Waals surface area contributed by atoms with E-state index in [9.17, 15) is 4.79 Å². The Morgan fingerprint density at radius 2 is 1.95 bits per heavy atom. The van der Waals surface area contributed by atoms with Gasteiger partial charge in [0.2, 0.25) is 5.91 Å². The minimum Gasteiger partial charge on any atom is -0.347 e. The smallest absolute Gasteiger partial charge is 0.241 e. The summed E-state index contributed by atoms with van der Waals surface area (Å²) in [5, 5.41) is 3.90. The van der Waals surface area contributed by atoms with E-state index in [1.165, 1.54) is 0 Å². The van der Waals surface area contributed by atoms with Crippen molar-refractivity contribution in [3.63, 3.8) is 0 Å². The maximum atomic E-state index is 12.1. The first kappa shape index (κ1) is 19.9. The average molecular weight is 440 g/mol. The molecule has 2 aliphatic rings. The van der Waals surface area contributed by atoms with Crippen molar-refractivity contribution >= 4 is 47.6 Å². The largest absolute Gasteiger partial charge is 0.347 e. The molecule has 2 saturated heterocycles. The number of nitrogens with zero attached hydrogens (tertiary/aromatic N) is 3. The number of rotatable bonds is 3. The number of hydrogen-bond acceptors (Lipinski definition) is 3. The lowest BCUT2D eigenvalue weighted by Gasteiger charge is -2.36. The quantitative estimate of drug-likeness (QED) is 0.414. The van der Waals surface area contributed by atoms with Crippen molar-refractivity contribution in [2.75, 3.05) is 45.5 Å². The molecular formula is C15H29IN4OS. The Labute approximate surface area is 155 Å². The van der Waals surface area contributed by atoms with Gasteiger partial charge in [0.05, 0.1) is 6.54 Å². The highest BCUT2D eigenvalue weighted by atomic mass is 127. The molecule has 2 rings (SSSR count). The van der Waals surface area contributed by atoms with Gasteiger partial charge in [-0.3, -0.25) is 9.79 Å². The van der Waals surface area contributed by atoms with Gasteiger partial charge in [-0.25, -0.2) is 0 Å². The fourth-order valence-corrected chi connectivity index (χ4v) is 4.14. The van der Waals surface area contributed by atoms with Crippen molar-refractivity contribution in [1.82, 2.24) is 15.1 Å². The molecule has 128 valence electrons. The number of halogens is 1. The maximum Gasteiger partial charge on any atom is 0.241 e. The van der Waals surface area contributed by atoms with Gasteiger partial charge in [0.15, 0.2) is 5.96 Å². The third kappa shape index (κ3) is 5.47. The number of hydrogen-bond donors (Lipinski definition) is 1. The van der Waals surface area contributed by atoms with Gasteiger partial charge in [0.25, 0.3) is 0 Å². The number of thioether (sulfide) groups is 1. The van der Waals surface area contributed by atoms with Gasteiger partial charge in [-0.2, -0.15) is 11.8 Å². The Kier molecular flexibility index (Phi) is 8.89. The number of nitrogens with one attached hydrogen (secondary N) is 1. The van der Waals surface area contributed by atoms with E-state index in [-0.39, 0.29) is 29.9 Å². The van der Waals surface area contributed by atoms with E-state index in [1.54, 1.807) is 7.05 Å². The van der Waals surface area contributed by atoms with Crippen LogP contribution in [0.1, 0.15) is 26.7 Å². The van der Waals surface area contributed by atoms with Crippen LogP contribution in [0.4, 0.5) is 0 Å². The maximum absolute atomic E-state index is 12.1. The van der Waals surface area contributed by atoms with Crippen molar-refractivity contribution in [2.45, 2.75) is 31.9 Å². The molecule has 2 heterocycles. The van der Waals surface area contributed by atoms with E-state index in [0.29, 0.717) is 17.7 Å². The molecule has 0 aromatic heterocycles. The first-order valence-corrected chi connectivity index (χ1v) is 9.01. The SMILES string of the molecule is CN=C(NCC(=O)N1CCCC1)N1CCSC(C(C)C)C1.I. The van der Waals surface area contributed by atoms with E-state index in [4.69, 9.17) is 0 Å². The Bertz CT molecular complexity index is 386. The molecule has 2 aliphatic heterocycles. The molecule has 0 bridgehead atoms. The molecule has 0 radical (unpaired) electrons. The monoisotopic (exact) mass is 440 g/mol. The second-order valence-corrected chi connectivity index (χ2v) is 7.44. The summed E-state index contributed by atoms with van der Waals surface area (Å²) in [5.74, 6) is 2.86. The summed E-state index contributed by atoms with van der Waals surface area (Å²) in [7, 11) is 1.80. The summed E-state index contributed by atoms with van der Waals surface area (Å²) in [6, 6.07) is 0. The molecule has 0 spiro atoms. The van der Waals surface area contributed by atoms with Gasteiger partial charge in [-0.15, -0.1) is 24.0 Å². The predicted molar refractivity (Wildman–Crippen MR) is 105 cm³/mol. The number of carbonyl (C=O) groups is 1. The Morgan fingerprint density at radius 3 is 2.55 bits per heavy atom. The summed E-state index contributed by atoms with van der Waals surface area (Å²) < 4.78 is 0. The summed E-state index contributed by atoms with van der Waals surface area (Å²) in [5.41, 5.74) is 0. The molecule has 0 aliphatic carbocycles. The van der Waals surface area contributed by atoms with Gasteiger partial charge in [-0.1, -0.05) is 13.8 Å². The zero-order valence-electron chi connectivity index (χ0n) is 13.9. The van der Waals surface area contributed by atoms with Gasteiger partial charge < -0.3 is 15.1 Å². The van der Waals surface area contributed by atoms with Crippen LogP contribution >= 0.6 is 35.7 Å². The summed E-state index contributed by atoms with van der Waals surface area (Å²) in [4.78, 5) is 20.7. The van der Waals surface area contributed by atoms with Gasteiger partial charge >= 0.3 is 0 Å². The lowest BCUT2D eigenvalue weighted by Crippen LogP contribution is -2.51. The molecule has 1 N–H and O–H groups in total. The second kappa shape index (κ2) is 9.85. The van der Waals surface area contributed by atoms with Gasteiger partial charge in [0.1, 0.15) is 0 Å². The molecular weight excluding hydrogens is 411 g/mol. The van der Waals surface area contributed by atoms with Gasteiger partial charge in [-0.05, 0) is 18.8 Å². The molecule has 7 heteroatoms. The number of amides is 1. The van der Waals surface area contributed by atoms with Crippen molar-refractivity contribution in [3.05, 3.63) is 0 Å². The predicted octanol–water partition coefficient (Wildman–Crippen LogP) is 1.88. The fourth-order valence-electron chi connectivity index (χ4n) is 2.84. The number of aliphatic imine (C=N–C) groups is 1. The minimum absolute atomic E-state index is 0. The molecule has 0 aromatic rings. The minimum atomic E-state index is 0. The first-order chi connectivity index (χ1) is 10.1. The van der Waals surface area contributed by atoms with Crippen LogP contribution in [0.15, 0.2) is 4.99 Å². The highest BCUT2D eigenvalue weighted by molar-refractivity contribution is 14.0. The van der Waals surface area contributed by atoms with Crippen LogP contribution in [-0.2, 0) is 4.79 Å². The Balaban J connectivity index is 0.00000242. The zero-order valence-corrected chi connectivity index (χ0v) is 17.0. The van der Waals surface area contributed by atoms with E-state index in [2.05, 4.69) is 29.1 Å². The zero-order chi connectivity index (χ0) is 15.2. The standard InChI is InChI=1S/C15H28N4OS.HI/c1-12(2)13-11-19(8-9-21-13)15(16-3)17-10-14(20)18-6-4-5-7-18;/h12-13H,4-11H2,1-3H3,(H,16,17);1H. The highest BCUT2D eigenvalue weighted by Gasteiger charge is 2.25. The van der Waals surface area contributed by atoms with Crippen LogP contribution in [0.2, 0.25) is 0 Å². The van der Waals surface area contributed by atoms with Crippen LogP contribution in [0.25, 0.3) is 0 Å². The summed E-state index contributed by atoms with van der Waals surface area (Å²) in [6.07, 6.45) is 2.28. The summed E-state index contributed by atoms with van der Waals surface area (Å²) in [6.45, 7) is 8.75. The van der Waals surface area contributed by atoms with Crippen molar-refractivity contribution < 1.29 is 4.79 Å². The molecule has 1 unspecified atom stereocenters. The van der Waals surface area contributed by atoms with Crippen LogP contribution in [0.3, 0.4) is 0 Å². The van der Waals surface area contributed by atoms with Crippen molar-refractivity contribution in [2.24, 2.45) is 10.9 Å². The molecule has 0 aromatic carbocycles.